The van der Waals surface area contributed by atoms with E-state index in [0.717, 1.165) is 33.1 Å². The molecule has 0 bridgehead atoms. The number of thiazole rings is 1. The number of rotatable bonds is 7. The first-order chi connectivity index (χ1) is 16.5. The van der Waals surface area contributed by atoms with Gasteiger partial charge in [0.1, 0.15) is 16.1 Å². The number of amides is 2. The van der Waals surface area contributed by atoms with E-state index in [1.54, 1.807) is 24.5 Å². The molecule has 3 aromatic heterocycles. The maximum absolute atomic E-state index is 12.4. The van der Waals surface area contributed by atoms with Crippen molar-refractivity contribution in [2.75, 3.05) is 11.9 Å². The summed E-state index contributed by atoms with van der Waals surface area (Å²) in [6.45, 7) is 2.56. The van der Waals surface area contributed by atoms with Crippen LogP contribution >= 0.6 is 22.7 Å². The van der Waals surface area contributed by atoms with E-state index in [2.05, 4.69) is 26.7 Å². The summed E-state index contributed by atoms with van der Waals surface area (Å²) in [6, 6.07) is 5.89. The van der Waals surface area contributed by atoms with E-state index < -0.39 is 6.09 Å². The molecule has 10 heteroatoms. The van der Waals surface area contributed by atoms with Crippen LogP contribution in [0.1, 0.15) is 38.7 Å². The van der Waals surface area contributed by atoms with Gasteiger partial charge in [0.25, 0.3) is 0 Å². The number of anilines is 1. The minimum atomic E-state index is -0.462. The first-order valence-electron chi connectivity index (χ1n) is 10.8. The maximum Gasteiger partial charge on any atom is 0.407 e. The van der Waals surface area contributed by atoms with E-state index in [1.165, 1.54) is 28.7 Å². The molecule has 0 radical (unpaired) electrons. The molecule has 0 aliphatic heterocycles. The second-order valence-corrected chi connectivity index (χ2v) is 9.92. The fraction of sp³-hybridized carbons (Fsp3) is 0.292. The fourth-order valence-corrected chi connectivity index (χ4v) is 5.71. The Labute approximate surface area is 205 Å². The minimum Gasteiger partial charge on any atom is -0.449 e. The van der Waals surface area contributed by atoms with Crippen molar-refractivity contribution in [3.63, 3.8) is 0 Å². The summed E-state index contributed by atoms with van der Waals surface area (Å²) in [5.41, 5.74) is 3.26. The standard InChI is InChI=1S/C24H23N5O3S2/c1-15-14-33-22(28-15)12-27-24(31)32-13-17-4-6-18-19(10-25)23(34-20(18)9-17)29-21(30)7-5-16-3-2-8-26-11-16/h2-3,5,7-8,11,14,17H,4,6,9,12-13H2,1H3,(H,27,31)(H,29,30). The number of aryl methyl sites for hydroxylation is 1. The van der Waals surface area contributed by atoms with E-state index in [-0.39, 0.29) is 11.8 Å². The minimum absolute atomic E-state index is 0.166. The number of pyridine rings is 1. The molecule has 0 aromatic carbocycles. The maximum atomic E-state index is 12.4. The van der Waals surface area contributed by atoms with Crippen LogP contribution in [0, 0.1) is 24.2 Å². The van der Waals surface area contributed by atoms with Crippen LogP contribution in [0.25, 0.3) is 6.08 Å². The van der Waals surface area contributed by atoms with E-state index >= 15 is 0 Å². The molecule has 1 aliphatic carbocycles. The van der Waals surface area contributed by atoms with Gasteiger partial charge < -0.3 is 15.4 Å². The molecule has 2 N–H and O–H groups in total. The van der Waals surface area contributed by atoms with Gasteiger partial charge in [0.05, 0.1) is 18.7 Å². The summed E-state index contributed by atoms with van der Waals surface area (Å²) < 4.78 is 5.41. The Morgan fingerprint density at radius 3 is 3.03 bits per heavy atom. The highest BCUT2D eigenvalue weighted by atomic mass is 32.1. The molecule has 0 spiro atoms. The molecular weight excluding hydrogens is 470 g/mol. The lowest BCUT2D eigenvalue weighted by molar-refractivity contribution is -0.111. The van der Waals surface area contributed by atoms with Crippen molar-refractivity contribution in [3.05, 3.63) is 68.3 Å². The molecule has 3 heterocycles. The van der Waals surface area contributed by atoms with Gasteiger partial charge in [-0.1, -0.05) is 6.07 Å². The van der Waals surface area contributed by atoms with E-state index in [0.29, 0.717) is 36.6 Å². The third-order valence-corrected chi connectivity index (χ3v) is 7.46. The van der Waals surface area contributed by atoms with Gasteiger partial charge in [-0.05, 0) is 55.4 Å². The van der Waals surface area contributed by atoms with Gasteiger partial charge in [0.15, 0.2) is 0 Å². The average Bonchev–Trinajstić information content (AvgIpc) is 3.42. The molecule has 174 valence electrons. The highest BCUT2D eigenvalue weighted by molar-refractivity contribution is 7.16. The number of nitrogens with one attached hydrogen (secondary N) is 2. The van der Waals surface area contributed by atoms with Crippen molar-refractivity contribution in [1.82, 2.24) is 15.3 Å². The molecule has 0 saturated heterocycles. The Morgan fingerprint density at radius 2 is 2.29 bits per heavy atom. The zero-order chi connectivity index (χ0) is 23.9. The number of carbonyl (C=O) groups excluding carboxylic acids is 2. The molecule has 4 rings (SSSR count). The van der Waals surface area contributed by atoms with E-state index in [4.69, 9.17) is 4.74 Å². The van der Waals surface area contributed by atoms with Crippen molar-refractivity contribution in [1.29, 1.82) is 5.26 Å². The Balaban J connectivity index is 1.31. The first kappa shape index (κ1) is 23.6. The quantitative estimate of drug-likeness (QED) is 0.469. The van der Waals surface area contributed by atoms with Crippen LogP contribution in [-0.4, -0.2) is 28.6 Å². The Kier molecular flexibility index (Phi) is 7.67. The van der Waals surface area contributed by atoms with Crippen LogP contribution in [-0.2, 0) is 28.9 Å². The van der Waals surface area contributed by atoms with Gasteiger partial charge in [-0.15, -0.1) is 22.7 Å². The van der Waals surface area contributed by atoms with Crippen LogP contribution in [0.5, 0.6) is 0 Å². The Hall–Kier alpha value is -3.55. The molecular formula is C24H23N5O3S2. The number of nitrogens with zero attached hydrogens (tertiary/aromatic N) is 3. The number of ether oxygens (including phenoxy) is 1. The zero-order valence-corrected chi connectivity index (χ0v) is 20.2. The number of carbonyl (C=O) groups is 2. The third kappa shape index (κ3) is 6.07. The Bertz CT molecular complexity index is 1240. The largest absolute Gasteiger partial charge is 0.449 e. The molecule has 34 heavy (non-hydrogen) atoms. The average molecular weight is 494 g/mol. The molecule has 2 amide bonds. The predicted molar refractivity (Wildman–Crippen MR) is 131 cm³/mol. The number of nitriles is 1. The molecule has 0 saturated carbocycles. The molecule has 8 nitrogen and oxygen atoms in total. The van der Waals surface area contributed by atoms with Crippen molar-refractivity contribution in [3.8, 4) is 6.07 Å². The first-order valence-corrected chi connectivity index (χ1v) is 12.5. The van der Waals surface area contributed by atoms with Crippen molar-refractivity contribution >= 4 is 45.8 Å². The zero-order valence-electron chi connectivity index (χ0n) is 18.5. The fourth-order valence-electron chi connectivity index (χ4n) is 3.68. The van der Waals surface area contributed by atoms with Gasteiger partial charge in [0.2, 0.25) is 5.91 Å². The molecule has 0 fully saturated rings. The number of alkyl carbamates (subject to hydrolysis) is 1. The summed E-state index contributed by atoms with van der Waals surface area (Å²) in [5.74, 6) is -0.134. The van der Waals surface area contributed by atoms with Crippen LogP contribution in [0.2, 0.25) is 0 Å². The highest BCUT2D eigenvalue weighted by Gasteiger charge is 2.27. The monoisotopic (exact) mass is 493 g/mol. The molecule has 1 unspecified atom stereocenters. The lowest BCUT2D eigenvalue weighted by Gasteiger charge is -2.21. The number of hydrogen-bond donors (Lipinski definition) is 2. The summed E-state index contributed by atoms with van der Waals surface area (Å²) in [7, 11) is 0. The Morgan fingerprint density at radius 1 is 1.41 bits per heavy atom. The van der Waals surface area contributed by atoms with Gasteiger partial charge >= 0.3 is 6.09 Å². The summed E-state index contributed by atoms with van der Waals surface area (Å²) in [4.78, 5) is 33.8. The number of thiophene rings is 1. The van der Waals surface area contributed by atoms with Crippen LogP contribution in [0.3, 0.4) is 0 Å². The molecule has 3 aromatic rings. The normalized spacial score (nSPS) is 14.9. The lowest BCUT2D eigenvalue weighted by atomic mass is 9.88. The third-order valence-electron chi connectivity index (χ3n) is 5.33. The second kappa shape index (κ2) is 11.0. The van der Waals surface area contributed by atoms with Crippen molar-refractivity contribution in [2.45, 2.75) is 32.7 Å². The summed E-state index contributed by atoms with van der Waals surface area (Å²) in [5, 5.41) is 18.6. The topological polar surface area (TPSA) is 117 Å². The van der Waals surface area contributed by atoms with Crippen molar-refractivity contribution in [2.24, 2.45) is 5.92 Å². The summed E-state index contributed by atoms with van der Waals surface area (Å²) >= 11 is 2.92. The van der Waals surface area contributed by atoms with Crippen LogP contribution < -0.4 is 10.6 Å². The van der Waals surface area contributed by atoms with Gasteiger partial charge in [0, 0.05) is 34.4 Å². The SMILES string of the molecule is Cc1csc(CNC(=O)OCC2CCc3c(sc(NC(=O)C=Cc4cccnc4)c3C#N)C2)n1. The number of hydrogen-bond acceptors (Lipinski definition) is 8. The smallest absolute Gasteiger partial charge is 0.407 e. The predicted octanol–water partition coefficient (Wildman–Crippen LogP) is 4.46. The van der Waals surface area contributed by atoms with Gasteiger partial charge in [-0.3, -0.25) is 9.78 Å². The molecule has 1 atom stereocenters. The van der Waals surface area contributed by atoms with Gasteiger partial charge in [-0.25, -0.2) is 9.78 Å². The second-order valence-electron chi connectivity index (χ2n) is 7.87. The summed E-state index contributed by atoms with van der Waals surface area (Å²) in [6.07, 6.45) is 8.20. The van der Waals surface area contributed by atoms with E-state index in [9.17, 15) is 14.9 Å². The molecule has 1 aliphatic rings. The number of fused-ring (bicyclic) bond motifs is 1. The lowest BCUT2D eigenvalue weighted by Crippen LogP contribution is -2.27. The van der Waals surface area contributed by atoms with E-state index in [1.807, 2.05) is 18.4 Å². The van der Waals surface area contributed by atoms with Gasteiger partial charge in [-0.2, -0.15) is 5.26 Å². The van der Waals surface area contributed by atoms with Crippen molar-refractivity contribution < 1.29 is 14.3 Å². The van der Waals surface area contributed by atoms with Crippen LogP contribution in [0.15, 0.2) is 36.0 Å². The number of aromatic nitrogens is 2. The highest BCUT2D eigenvalue weighted by Crippen LogP contribution is 2.39. The van der Waals surface area contributed by atoms with Crippen LogP contribution in [0.4, 0.5) is 9.80 Å².